The van der Waals surface area contributed by atoms with Gasteiger partial charge in [-0.05, 0) is 44.4 Å². The van der Waals surface area contributed by atoms with Gasteiger partial charge in [0.2, 0.25) is 0 Å². The maximum absolute atomic E-state index is 4.45. The minimum absolute atomic E-state index is 0.603. The standard InChI is InChI=1S/C14H23N3/c1-3-15-12(2)13-7-6-10-17(11-13)14-8-4-5-9-16-14/h4-5,8-9,12-13,15H,3,6-7,10-11H2,1-2H3. The van der Waals surface area contributed by atoms with Crippen molar-refractivity contribution >= 4 is 5.82 Å². The molecule has 0 amide bonds. The van der Waals surface area contributed by atoms with E-state index in [1.54, 1.807) is 0 Å². The fourth-order valence-corrected chi connectivity index (χ4v) is 2.66. The van der Waals surface area contributed by atoms with Gasteiger partial charge in [-0.2, -0.15) is 0 Å². The molecule has 1 aliphatic rings. The number of aromatic nitrogens is 1. The minimum Gasteiger partial charge on any atom is -0.356 e. The third-order valence-corrected chi connectivity index (χ3v) is 3.66. The van der Waals surface area contributed by atoms with Crippen LogP contribution in [0.3, 0.4) is 0 Å². The van der Waals surface area contributed by atoms with Crippen molar-refractivity contribution in [3.63, 3.8) is 0 Å². The lowest BCUT2D eigenvalue weighted by Gasteiger charge is -2.36. The number of rotatable bonds is 4. The van der Waals surface area contributed by atoms with Gasteiger partial charge in [-0.25, -0.2) is 4.98 Å². The monoisotopic (exact) mass is 233 g/mol. The highest BCUT2D eigenvalue weighted by Gasteiger charge is 2.24. The van der Waals surface area contributed by atoms with Crippen molar-refractivity contribution in [2.45, 2.75) is 32.7 Å². The number of nitrogens with zero attached hydrogens (tertiary/aromatic N) is 2. The Kier molecular flexibility index (Phi) is 4.37. The van der Waals surface area contributed by atoms with Gasteiger partial charge in [0, 0.05) is 25.3 Å². The minimum atomic E-state index is 0.603. The van der Waals surface area contributed by atoms with Gasteiger partial charge in [0.05, 0.1) is 0 Å². The van der Waals surface area contributed by atoms with Gasteiger partial charge in [0.1, 0.15) is 5.82 Å². The molecule has 1 N–H and O–H groups in total. The first kappa shape index (κ1) is 12.4. The van der Waals surface area contributed by atoms with Crippen LogP contribution in [0.4, 0.5) is 5.82 Å². The molecule has 1 aromatic heterocycles. The summed E-state index contributed by atoms with van der Waals surface area (Å²) in [5.74, 6) is 1.87. The fraction of sp³-hybridized carbons (Fsp3) is 0.643. The lowest BCUT2D eigenvalue weighted by atomic mass is 9.91. The van der Waals surface area contributed by atoms with E-state index in [4.69, 9.17) is 0 Å². The van der Waals surface area contributed by atoms with Crippen molar-refractivity contribution in [1.29, 1.82) is 0 Å². The quantitative estimate of drug-likeness (QED) is 0.865. The van der Waals surface area contributed by atoms with E-state index in [0.29, 0.717) is 6.04 Å². The Bertz CT molecular complexity index is 325. The Morgan fingerprint density at radius 1 is 1.53 bits per heavy atom. The summed E-state index contributed by atoms with van der Waals surface area (Å²) in [7, 11) is 0. The summed E-state index contributed by atoms with van der Waals surface area (Å²) in [5.41, 5.74) is 0. The van der Waals surface area contributed by atoms with Crippen LogP contribution in [0.2, 0.25) is 0 Å². The van der Waals surface area contributed by atoms with Gasteiger partial charge in [-0.1, -0.05) is 13.0 Å². The number of hydrogen-bond donors (Lipinski definition) is 1. The molecule has 0 aliphatic carbocycles. The lowest BCUT2D eigenvalue weighted by Crippen LogP contribution is -2.44. The van der Waals surface area contributed by atoms with Crippen molar-refractivity contribution in [2.24, 2.45) is 5.92 Å². The molecule has 0 radical (unpaired) electrons. The number of pyridine rings is 1. The molecule has 2 atom stereocenters. The van der Waals surface area contributed by atoms with Crippen LogP contribution in [-0.2, 0) is 0 Å². The zero-order valence-electron chi connectivity index (χ0n) is 10.9. The van der Waals surface area contributed by atoms with Crippen LogP contribution in [0.1, 0.15) is 26.7 Å². The maximum atomic E-state index is 4.45. The van der Waals surface area contributed by atoms with E-state index in [-0.39, 0.29) is 0 Å². The largest absolute Gasteiger partial charge is 0.356 e. The van der Waals surface area contributed by atoms with E-state index in [2.05, 4.69) is 41.2 Å². The highest BCUT2D eigenvalue weighted by Crippen LogP contribution is 2.23. The Labute approximate surface area is 104 Å². The van der Waals surface area contributed by atoms with Crippen molar-refractivity contribution in [3.8, 4) is 0 Å². The highest BCUT2D eigenvalue weighted by molar-refractivity contribution is 5.38. The zero-order chi connectivity index (χ0) is 12.1. The van der Waals surface area contributed by atoms with Crippen LogP contribution in [0, 0.1) is 5.92 Å². The van der Waals surface area contributed by atoms with E-state index in [1.165, 1.54) is 12.8 Å². The molecule has 1 aliphatic heterocycles. The first-order valence-electron chi connectivity index (χ1n) is 6.70. The van der Waals surface area contributed by atoms with Crippen molar-refractivity contribution in [1.82, 2.24) is 10.3 Å². The summed E-state index contributed by atoms with van der Waals surface area (Å²) >= 11 is 0. The maximum Gasteiger partial charge on any atom is 0.128 e. The molecule has 2 heterocycles. The molecule has 3 nitrogen and oxygen atoms in total. The van der Waals surface area contributed by atoms with Crippen LogP contribution in [-0.4, -0.2) is 30.7 Å². The molecule has 94 valence electrons. The number of hydrogen-bond acceptors (Lipinski definition) is 3. The Morgan fingerprint density at radius 3 is 3.12 bits per heavy atom. The summed E-state index contributed by atoms with van der Waals surface area (Å²) in [6.07, 6.45) is 4.49. The van der Waals surface area contributed by atoms with Gasteiger partial charge in [-0.3, -0.25) is 0 Å². The summed E-state index contributed by atoms with van der Waals surface area (Å²) < 4.78 is 0. The lowest BCUT2D eigenvalue weighted by molar-refractivity contribution is 0.323. The number of piperidine rings is 1. The van der Waals surface area contributed by atoms with Crippen LogP contribution < -0.4 is 10.2 Å². The summed E-state index contributed by atoms with van der Waals surface area (Å²) in [4.78, 5) is 6.87. The molecule has 2 unspecified atom stereocenters. The van der Waals surface area contributed by atoms with Gasteiger partial charge < -0.3 is 10.2 Å². The molecule has 0 bridgehead atoms. The first-order valence-corrected chi connectivity index (χ1v) is 6.70. The third-order valence-electron chi connectivity index (χ3n) is 3.66. The van der Waals surface area contributed by atoms with Crippen LogP contribution >= 0.6 is 0 Å². The molecular formula is C14H23N3. The predicted octanol–water partition coefficient (Wildman–Crippen LogP) is 2.30. The second-order valence-corrected chi connectivity index (χ2v) is 4.88. The van der Waals surface area contributed by atoms with Gasteiger partial charge in [0.25, 0.3) is 0 Å². The molecule has 17 heavy (non-hydrogen) atoms. The van der Waals surface area contributed by atoms with Gasteiger partial charge >= 0.3 is 0 Å². The first-order chi connectivity index (χ1) is 8.31. The highest BCUT2D eigenvalue weighted by atomic mass is 15.2. The normalized spacial score (nSPS) is 22.5. The molecule has 0 spiro atoms. The number of anilines is 1. The van der Waals surface area contributed by atoms with E-state index in [1.807, 2.05) is 12.3 Å². The second kappa shape index (κ2) is 6.01. The molecule has 0 aromatic carbocycles. The van der Waals surface area contributed by atoms with Crippen LogP contribution in [0.15, 0.2) is 24.4 Å². The van der Waals surface area contributed by atoms with Crippen molar-refractivity contribution in [3.05, 3.63) is 24.4 Å². The summed E-state index contributed by atoms with van der Waals surface area (Å²) in [6.45, 7) is 7.81. The zero-order valence-corrected chi connectivity index (χ0v) is 10.9. The molecular weight excluding hydrogens is 210 g/mol. The summed E-state index contributed by atoms with van der Waals surface area (Å²) in [6, 6.07) is 6.76. The smallest absolute Gasteiger partial charge is 0.128 e. The molecule has 1 aromatic rings. The molecule has 1 saturated heterocycles. The van der Waals surface area contributed by atoms with E-state index in [0.717, 1.165) is 31.4 Å². The Hall–Kier alpha value is -1.09. The third kappa shape index (κ3) is 3.19. The Balaban J connectivity index is 1.97. The summed E-state index contributed by atoms with van der Waals surface area (Å²) in [5, 5.41) is 3.54. The van der Waals surface area contributed by atoms with E-state index < -0.39 is 0 Å². The Morgan fingerprint density at radius 2 is 2.41 bits per heavy atom. The average molecular weight is 233 g/mol. The molecule has 1 fully saturated rings. The molecule has 0 saturated carbocycles. The van der Waals surface area contributed by atoms with Gasteiger partial charge in [-0.15, -0.1) is 0 Å². The topological polar surface area (TPSA) is 28.2 Å². The van der Waals surface area contributed by atoms with Crippen molar-refractivity contribution in [2.75, 3.05) is 24.5 Å². The van der Waals surface area contributed by atoms with Gasteiger partial charge in [0.15, 0.2) is 0 Å². The SMILES string of the molecule is CCNC(C)C1CCCN(c2ccccn2)C1. The second-order valence-electron chi connectivity index (χ2n) is 4.88. The van der Waals surface area contributed by atoms with E-state index in [9.17, 15) is 0 Å². The van der Waals surface area contributed by atoms with Crippen LogP contribution in [0.5, 0.6) is 0 Å². The van der Waals surface area contributed by atoms with E-state index >= 15 is 0 Å². The van der Waals surface area contributed by atoms with Crippen LogP contribution in [0.25, 0.3) is 0 Å². The average Bonchev–Trinajstić information content (AvgIpc) is 2.40. The molecule has 3 heteroatoms. The predicted molar refractivity (Wildman–Crippen MR) is 72.3 cm³/mol. The fourth-order valence-electron chi connectivity index (χ4n) is 2.66. The molecule has 2 rings (SSSR count). The number of nitrogens with one attached hydrogen (secondary N) is 1. The van der Waals surface area contributed by atoms with Crippen molar-refractivity contribution < 1.29 is 0 Å².